The summed E-state index contributed by atoms with van der Waals surface area (Å²) in [6.45, 7) is 3.05. The van der Waals surface area contributed by atoms with Crippen LogP contribution in [0.1, 0.15) is 43.1 Å². The SMILES string of the molecule is CCCC1(C(=O)O)CCN(C(=O)c2cccn2C)CC1. The summed E-state index contributed by atoms with van der Waals surface area (Å²) >= 11 is 0. The topological polar surface area (TPSA) is 62.5 Å². The summed E-state index contributed by atoms with van der Waals surface area (Å²) in [4.78, 5) is 25.7. The molecule has 20 heavy (non-hydrogen) atoms. The third-order valence-corrected chi connectivity index (χ3v) is 4.35. The second-order valence-electron chi connectivity index (χ2n) is 5.63. The van der Waals surface area contributed by atoms with Crippen molar-refractivity contribution in [1.29, 1.82) is 0 Å². The van der Waals surface area contributed by atoms with Gasteiger partial charge in [0.2, 0.25) is 0 Å². The average molecular weight is 278 g/mol. The Bertz CT molecular complexity index is 499. The molecule has 1 aliphatic rings. The fraction of sp³-hybridized carbons (Fsp3) is 0.600. The Morgan fingerprint density at radius 3 is 2.45 bits per heavy atom. The van der Waals surface area contributed by atoms with E-state index in [2.05, 4.69) is 0 Å². The Labute approximate surface area is 119 Å². The number of hydrogen-bond donors (Lipinski definition) is 1. The molecule has 5 heteroatoms. The average Bonchev–Trinajstić information content (AvgIpc) is 2.85. The second kappa shape index (κ2) is 5.69. The molecule has 1 aliphatic heterocycles. The third kappa shape index (κ3) is 2.57. The zero-order valence-corrected chi connectivity index (χ0v) is 12.1. The van der Waals surface area contributed by atoms with Gasteiger partial charge >= 0.3 is 5.97 Å². The van der Waals surface area contributed by atoms with Crippen LogP contribution < -0.4 is 0 Å². The van der Waals surface area contributed by atoms with Crippen molar-refractivity contribution in [2.75, 3.05) is 13.1 Å². The van der Waals surface area contributed by atoms with Crippen LogP contribution in [0.15, 0.2) is 18.3 Å². The summed E-state index contributed by atoms with van der Waals surface area (Å²) in [5.74, 6) is -0.724. The predicted octanol–water partition coefficient (Wildman–Crippen LogP) is 2.13. The Morgan fingerprint density at radius 1 is 1.35 bits per heavy atom. The summed E-state index contributed by atoms with van der Waals surface area (Å²) in [5, 5.41) is 9.47. The molecule has 110 valence electrons. The van der Waals surface area contributed by atoms with Crippen molar-refractivity contribution in [2.24, 2.45) is 12.5 Å². The number of aliphatic carboxylic acids is 1. The van der Waals surface area contributed by atoms with Gasteiger partial charge in [0.15, 0.2) is 0 Å². The fourth-order valence-electron chi connectivity index (χ4n) is 3.03. The number of hydrogen-bond acceptors (Lipinski definition) is 2. The first-order valence-electron chi connectivity index (χ1n) is 7.14. The zero-order chi connectivity index (χ0) is 14.8. The van der Waals surface area contributed by atoms with Crippen molar-refractivity contribution in [3.05, 3.63) is 24.0 Å². The van der Waals surface area contributed by atoms with Crippen LogP contribution in [0, 0.1) is 5.41 Å². The van der Waals surface area contributed by atoms with E-state index in [0.29, 0.717) is 38.0 Å². The maximum absolute atomic E-state index is 12.4. The number of carbonyl (C=O) groups excluding carboxylic acids is 1. The maximum atomic E-state index is 12.4. The van der Waals surface area contributed by atoms with Gasteiger partial charge in [-0.3, -0.25) is 9.59 Å². The lowest BCUT2D eigenvalue weighted by molar-refractivity contribution is -0.152. The molecule has 0 aromatic carbocycles. The van der Waals surface area contributed by atoms with Crippen molar-refractivity contribution in [3.8, 4) is 0 Å². The van der Waals surface area contributed by atoms with Gasteiger partial charge in [0, 0.05) is 26.3 Å². The summed E-state index contributed by atoms with van der Waals surface area (Å²) in [5.41, 5.74) is 0.0167. The van der Waals surface area contributed by atoms with E-state index in [-0.39, 0.29) is 5.91 Å². The lowest BCUT2D eigenvalue weighted by Gasteiger charge is -2.38. The van der Waals surface area contributed by atoms with Crippen LogP contribution >= 0.6 is 0 Å². The van der Waals surface area contributed by atoms with Crippen LogP contribution in [0.25, 0.3) is 0 Å². The number of carbonyl (C=O) groups is 2. The molecule has 1 saturated heterocycles. The summed E-state index contributed by atoms with van der Waals surface area (Å²) in [7, 11) is 1.84. The molecule has 5 nitrogen and oxygen atoms in total. The molecule has 1 N–H and O–H groups in total. The highest BCUT2D eigenvalue weighted by molar-refractivity contribution is 5.93. The van der Waals surface area contributed by atoms with E-state index < -0.39 is 11.4 Å². The molecule has 0 radical (unpaired) electrons. The largest absolute Gasteiger partial charge is 0.481 e. The molecule has 0 bridgehead atoms. The maximum Gasteiger partial charge on any atom is 0.309 e. The van der Waals surface area contributed by atoms with Crippen molar-refractivity contribution < 1.29 is 14.7 Å². The molecule has 0 saturated carbocycles. The van der Waals surface area contributed by atoms with Crippen LogP contribution in [0.3, 0.4) is 0 Å². The minimum atomic E-state index is -0.717. The van der Waals surface area contributed by atoms with E-state index in [1.807, 2.05) is 26.2 Å². The zero-order valence-electron chi connectivity index (χ0n) is 12.1. The molecule has 2 heterocycles. The predicted molar refractivity (Wildman–Crippen MR) is 75.5 cm³/mol. The summed E-state index contributed by atoms with van der Waals surface area (Å²) in [6, 6.07) is 3.64. The standard InChI is InChI=1S/C15H22N2O3/c1-3-6-15(14(19)20)7-10-17(11-8-15)13(18)12-5-4-9-16(12)2/h4-5,9H,3,6-8,10-11H2,1-2H3,(H,19,20). The van der Waals surface area contributed by atoms with Crippen molar-refractivity contribution in [3.63, 3.8) is 0 Å². The molecule has 0 unspecified atom stereocenters. The lowest BCUT2D eigenvalue weighted by Crippen LogP contribution is -2.46. The van der Waals surface area contributed by atoms with Crippen molar-refractivity contribution >= 4 is 11.9 Å². The molecule has 2 rings (SSSR count). The number of rotatable bonds is 4. The van der Waals surface area contributed by atoms with Crippen molar-refractivity contribution in [1.82, 2.24) is 9.47 Å². The number of carboxylic acid groups (broad SMARTS) is 1. The monoisotopic (exact) mass is 278 g/mol. The first-order chi connectivity index (χ1) is 9.50. The normalized spacial score (nSPS) is 18.0. The van der Waals surface area contributed by atoms with E-state index in [4.69, 9.17) is 0 Å². The fourth-order valence-corrected chi connectivity index (χ4v) is 3.03. The Hall–Kier alpha value is -1.78. The third-order valence-electron chi connectivity index (χ3n) is 4.35. The number of amides is 1. The number of piperidine rings is 1. The molecule has 1 aromatic rings. The van der Waals surface area contributed by atoms with Crippen LogP contribution in [0.2, 0.25) is 0 Å². The first kappa shape index (κ1) is 14.6. The van der Waals surface area contributed by atoms with Gasteiger partial charge in [0.25, 0.3) is 5.91 Å². The van der Waals surface area contributed by atoms with Crippen molar-refractivity contribution in [2.45, 2.75) is 32.6 Å². The van der Waals surface area contributed by atoms with Gasteiger partial charge in [-0.05, 0) is 31.4 Å². The number of aromatic nitrogens is 1. The number of carboxylic acids is 1. The van der Waals surface area contributed by atoms with E-state index in [1.54, 1.807) is 15.5 Å². The number of nitrogens with zero attached hydrogens (tertiary/aromatic N) is 2. The molecule has 1 aromatic heterocycles. The van der Waals surface area contributed by atoms with Gasteiger partial charge in [-0.15, -0.1) is 0 Å². The highest BCUT2D eigenvalue weighted by Gasteiger charge is 2.41. The lowest BCUT2D eigenvalue weighted by atomic mass is 9.75. The van der Waals surface area contributed by atoms with Crippen LogP contribution in [-0.2, 0) is 11.8 Å². The molecular weight excluding hydrogens is 256 g/mol. The van der Waals surface area contributed by atoms with Gasteiger partial charge in [-0.1, -0.05) is 13.3 Å². The quantitative estimate of drug-likeness (QED) is 0.917. The summed E-state index contributed by atoms with van der Waals surface area (Å²) in [6.07, 6.45) is 4.49. The van der Waals surface area contributed by atoms with Gasteiger partial charge in [0.05, 0.1) is 5.41 Å². The molecule has 0 atom stereocenters. The van der Waals surface area contributed by atoms with Gasteiger partial charge < -0.3 is 14.6 Å². The number of likely N-dealkylation sites (tertiary alicyclic amines) is 1. The van der Waals surface area contributed by atoms with Gasteiger partial charge in [-0.2, -0.15) is 0 Å². The molecular formula is C15H22N2O3. The van der Waals surface area contributed by atoms with Gasteiger partial charge in [-0.25, -0.2) is 0 Å². The smallest absolute Gasteiger partial charge is 0.309 e. The van der Waals surface area contributed by atoms with E-state index in [9.17, 15) is 14.7 Å². The van der Waals surface area contributed by atoms with E-state index >= 15 is 0 Å². The van der Waals surface area contributed by atoms with Gasteiger partial charge in [0.1, 0.15) is 5.69 Å². The van der Waals surface area contributed by atoms with E-state index in [0.717, 1.165) is 6.42 Å². The second-order valence-corrected chi connectivity index (χ2v) is 5.63. The number of aryl methyl sites for hydroxylation is 1. The molecule has 0 aliphatic carbocycles. The minimum absolute atomic E-state index is 0.00649. The van der Waals surface area contributed by atoms with E-state index in [1.165, 1.54) is 0 Å². The Kier molecular flexibility index (Phi) is 4.16. The van der Waals surface area contributed by atoms with Crippen LogP contribution in [0.5, 0.6) is 0 Å². The highest BCUT2D eigenvalue weighted by atomic mass is 16.4. The molecule has 1 fully saturated rings. The Morgan fingerprint density at radius 2 is 2.00 bits per heavy atom. The Balaban J connectivity index is 2.05. The molecule has 0 spiro atoms. The van der Waals surface area contributed by atoms with Crippen LogP contribution in [0.4, 0.5) is 0 Å². The first-order valence-corrected chi connectivity index (χ1v) is 7.14. The van der Waals surface area contributed by atoms with Crippen LogP contribution in [-0.4, -0.2) is 39.5 Å². The minimum Gasteiger partial charge on any atom is -0.481 e. The molecule has 1 amide bonds. The summed E-state index contributed by atoms with van der Waals surface area (Å²) < 4.78 is 1.80. The highest BCUT2D eigenvalue weighted by Crippen LogP contribution is 2.36.